The standard InChI is InChI=1S/C18H21N3O4S/c1-15-2-8-18(9-3-15)26(24,25)20-12-10-19(11-13-20)14-16-4-6-17(7-5-16)21(22)23/h2-9H,10-14H2,1H3. The lowest BCUT2D eigenvalue weighted by atomic mass is 10.2. The van der Waals surface area contributed by atoms with E-state index in [2.05, 4.69) is 4.90 Å². The molecule has 0 amide bonds. The van der Waals surface area contributed by atoms with Gasteiger partial charge >= 0.3 is 0 Å². The predicted molar refractivity (Wildman–Crippen MR) is 98.3 cm³/mol. The van der Waals surface area contributed by atoms with Crippen molar-refractivity contribution in [1.82, 2.24) is 9.21 Å². The number of sulfonamides is 1. The second-order valence-electron chi connectivity index (χ2n) is 6.42. The minimum Gasteiger partial charge on any atom is -0.296 e. The zero-order valence-electron chi connectivity index (χ0n) is 14.5. The Bertz CT molecular complexity index is 872. The quantitative estimate of drug-likeness (QED) is 0.592. The molecule has 138 valence electrons. The summed E-state index contributed by atoms with van der Waals surface area (Å²) in [6.45, 7) is 4.69. The zero-order chi connectivity index (χ0) is 18.7. The fourth-order valence-electron chi connectivity index (χ4n) is 2.97. The van der Waals surface area contributed by atoms with Crippen LogP contribution < -0.4 is 0 Å². The minimum absolute atomic E-state index is 0.0720. The van der Waals surface area contributed by atoms with E-state index in [9.17, 15) is 18.5 Å². The van der Waals surface area contributed by atoms with Gasteiger partial charge in [0, 0.05) is 44.9 Å². The van der Waals surface area contributed by atoms with Crippen molar-refractivity contribution in [3.63, 3.8) is 0 Å². The van der Waals surface area contributed by atoms with E-state index < -0.39 is 14.9 Å². The largest absolute Gasteiger partial charge is 0.296 e. The van der Waals surface area contributed by atoms with Gasteiger partial charge in [0.25, 0.3) is 5.69 Å². The van der Waals surface area contributed by atoms with Crippen molar-refractivity contribution < 1.29 is 13.3 Å². The molecule has 0 unspecified atom stereocenters. The first kappa shape index (κ1) is 18.5. The maximum absolute atomic E-state index is 12.7. The van der Waals surface area contributed by atoms with E-state index in [-0.39, 0.29) is 5.69 Å². The van der Waals surface area contributed by atoms with E-state index in [0.29, 0.717) is 37.6 Å². The molecule has 1 fully saturated rings. The number of nitro benzene ring substituents is 1. The lowest BCUT2D eigenvalue weighted by Crippen LogP contribution is -2.48. The van der Waals surface area contributed by atoms with Gasteiger partial charge in [0.05, 0.1) is 9.82 Å². The average Bonchev–Trinajstić information content (AvgIpc) is 2.63. The molecule has 0 N–H and O–H groups in total. The van der Waals surface area contributed by atoms with Crippen molar-refractivity contribution in [3.8, 4) is 0 Å². The SMILES string of the molecule is Cc1ccc(S(=O)(=O)N2CCN(Cc3ccc([N+](=O)[O-])cc3)CC2)cc1. The van der Waals surface area contributed by atoms with Crippen LogP contribution in [0, 0.1) is 17.0 Å². The highest BCUT2D eigenvalue weighted by Crippen LogP contribution is 2.19. The fourth-order valence-corrected chi connectivity index (χ4v) is 4.39. The van der Waals surface area contributed by atoms with E-state index in [1.807, 2.05) is 6.92 Å². The van der Waals surface area contributed by atoms with E-state index >= 15 is 0 Å². The van der Waals surface area contributed by atoms with Gasteiger partial charge in [-0.3, -0.25) is 15.0 Å². The molecule has 7 nitrogen and oxygen atoms in total. The summed E-state index contributed by atoms with van der Waals surface area (Å²) in [7, 11) is -3.46. The third-order valence-corrected chi connectivity index (χ3v) is 6.46. The van der Waals surface area contributed by atoms with Crippen molar-refractivity contribution in [2.75, 3.05) is 26.2 Å². The molecular formula is C18H21N3O4S. The highest BCUT2D eigenvalue weighted by Gasteiger charge is 2.28. The summed E-state index contributed by atoms with van der Waals surface area (Å²) < 4.78 is 26.9. The first-order chi connectivity index (χ1) is 12.4. The molecule has 0 atom stereocenters. The van der Waals surface area contributed by atoms with E-state index in [1.165, 1.54) is 16.4 Å². The molecule has 0 spiro atoms. The Balaban J connectivity index is 1.60. The Kier molecular flexibility index (Phi) is 5.36. The highest BCUT2D eigenvalue weighted by molar-refractivity contribution is 7.89. The number of nitrogens with zero attached hydrogens (tertiary/aromatic N) is 3. The number of piperazine rings is 1. The monoisotopic (exact) mass is 375 g/mol. The predicted octanol–water partition coefficient (Wildman–Crippen LogP) is 2.41. The number of rotatable bonds is 5. The fraction of sp³-hybridized carbons (Fsp3) is 0.333. The van der Waals surface area contributed by atoms with Gasteiger partial charge < -0.3 is 0 Å². The summed E-state index contributed by atoms with van der Waals surface area (Å²) in [4.78, 5) is 12.8. The first-order valence-electron chi connectivity index (χ1n) is 8.39. The Morgan fingerprint density at radius 1 is 0.962 bits per heavy atom. The van der Waals surface area contributed by atoms with Crippen molar-refractivity contribution in [1.29, 1.82) is 0 Å². The molecule has 0 radical (unpaired) electrons. The maximum atomic E-state index is 12.7. The second-order valence-corrected chi connectivity index (χ2v) is 8.35. The molecule has 0 aromatic heterocycles. The number of benzene rings is 2. The molecule has 1 aliphatic rings. The lowest BCUT2D eigenvalue weighted by molar-refractivity contribution is -0.384. The van der Waals surface area contributed by atoms with Crippen molar-refractivity contribution in [2.45, 2.75) is 18.4 Å². The zero-order valence-corrected chi connectivity index (χ0v) is 15.4. The Morgan fingerprint density at radius 3 is 2.08 bits per heavy atom. The van der Waals surface area contributed by atoms with Crippen LogP contribution in [0.5, 0.6) is 0 Å². The number of nitro groups is 1. The summed E-state index contributed by atoms with van der Waals surface area (Å²) in [5, 5.41) is 10.7. The molecule has 1 heterocycles. The molecule has 0 aliphatic carbocycles. The third kappa shape index (κ3) is 4.09. The summed E-state index contributed by atoms with van der Waals surface area (Å²) in [6, 6.07) is 13.4. The summed E-state index contributed by atoms with van der Waals surface area (Å²) in [6.07, 6.45) is 0. The van der Waals surface area contributed by atoms with Crippen LogP contribution in [0.3, 0.4) is 0 Å². The molecule has 2 aromatic rings. The molecule has 3 rings (SSSR count). The van der Waals surface area contributed by atoms with Gasteiger partial charge in [0.1, 0.15) is 0 Å². The molecule has 26 heavy (non-hydrogen) atoms. The van der Waals surface area contributed by atoms with Gasteiger partial charge in [0.15, 0.2) is 0 Å². The van der Waals surface area contributed by atoms with Crippen LogP contribution in [0.15, 0.2) is 53.4 Å². The number of non-ortho nitro benzene ring substituents is 1. The van der Waals surface area contributed by atoms with Crippen molar-refractivity contribution >= 4 is 15.7 Å². The molecule has 8 heteroatoms. The number of hydrogen-bond acceptors (Lipinski definition) is 5. The average molecular weight is 375 g/mol. The molecule has 0 bridgehead atoms. The maximum Gasteiger partial charge on any atom is 0.269 e. The number of hydrogen-bond donors (Lipinski definition) is 0. The van der Waals surface area contributed by atoms with Crippen LogP contribution in [-0.4, -0.2) is 48.7 Å². The lowest BCUT2D eigenvalue weighted by Gasteiger charge is -2.34. The summed E-state index contributed by atoms with van der Waals surface area (Å²) >= 11 is 0. The molecule has 0 saturated carbocycles. The third-order valence-electron chi connectivity index (χ3n) is 4.54. The van der Waals surface area contributed by atoms with E-state index in [0.717, 1.165) is 11.1 Å². The number of aryl methyl sites for hydroxylation is 1. The normalized spacial score (nSPS) is 16.5. The van der Waals surface area contributed by atoms with Crippen molar-refractivity contribution in [2.24, 2.45) is 0 Å². The Hall–Kier alpha value is -2.29. The van der Waals surface area contributed by atoms with Gasteiger partial charge in [-0.05, 0) is 24.6 Å². The highest BCUT2D eigenvalue weighted by atomic mass is 32.2. The summed E-state index contributed by atoms with van der Waals surface area (Å²) in [5.74, 6) is 0. The van der Waals surface area contributed by atoms with Crippen LogP contribution >= 0.6 is 0 Å². The summed E-state index contributed by atoms with van der Waals surface area (Å²) in [5.41, 5.74) is 2.07. The molecule has 2 aromatic carbocycles. The second kappa shape index (κ2) is 7.53. The smallest absolute Gasteiger partial charge is 0.269 e. The molecule has 1 aliphatic heterocycles. The van der Waals surface area contributed by atoms with Crippen LogP contribution in [0.1, 0.15) is 11.1 Å². The van der Waals surface area contributed by atoms with Gasteiger partial charge in [-0.15, -0.1) is 0 Å². The first-order valence-corrected chi connectivity index (χ1v) is 9.83. The van der Waals surface area contributed by atoms with Crippen LogP contribution in [0.2, 0.25) is 0 Å². The van der Waals surface area contributed by atoms with Gasteiger partial charge in [0.2, 0.25) is 10.0 Å². The van der Waals surface area contributed by atoms with Gasteiger partial charge in [-0.25, -0.2) is 8.42 Å². The Morgan fingerprint density at radius 2 is 1.54 bits per heavy atom. The topological polar surface area (TPSA) is 83.8 Å². The van der Waals surface area contributed by atoms with Crippen LogP contribution in [-0.2, 0) is 16.6 Å². The van der Waals surface area contributed by atoms with Crippen LogP contribution in [0.25, 0.3) is 0 Å². The van der Waals surface area contributed by atoms with Crippen molar-refractivity contribution in [3.05, 3.63) is 69.8 Å². The van der Waals surface area contributed by atoms with Crippen LogP contribution in [0.4, 0.5) is 5.69 Å². The van der Waals surface area contributed by atoms with Gasteiger partial charge in [-0.2, -0.15) is 4.31 Å². The molecular weight excluding hydrogens is 354 g/mol. The minimum atomic E-state index is -3.46. The van der Waals surface area contributed by atoms with E-state index in [1.54, 1.807) is 36.4 Å². The van der Waals surface area contributed by atoms with Gasteiger partial charge in [-0.1, -0.05) is 29.8 Å². The molecule has 1 saturated heterocycles. The van der Waals surface area contributed by atoms with E-state index in [4.69, 9.17) is 0 Å². The Labute approximate surface area is 153 Å².